The van der Waals surface area contributed by atoms with Crippen LogP contribution in [0.2, 0.25) is 0 Å². The fourth-order valence-electron chi connectivity index (χ4n) is 4.41. The highest BCUT2D eigenvalue weighted by Gasteiger charge is 2.40. The number of carbonyl (C=O) groups is 1. The Kier molecular flexibility index (Phi) is 3.35. The molecule has 0 heterocycles. The van der Waals surface area contributed by atoms with Crippen molar-refractivity contribution < 1.29 is 9.90 Å². The summed E-state index contributed by atoms with van der Waals surface area (Å²) in [4.78, 5) is 12.0. The maximum atomic E-state index is 12.0. The molecule has 3 saturated carbocycles. The second-order valence-electron chi connectivity index (χ2n) is 6.85. The Bertz CT molecular complexity index is 322. The highest BCUT2D eigenvalue weighted by Crippen LogP contribution is 2.49. The lowest BCUT2D eigenvalue weighted by molar-refractivity contribution is -0.123. The zero-order chi connectivity index (χ0) is 12.6. The van der Waals surface area contributed by atoms with Crippen LogP contribution >= 0.6 is 0 Å². The molecule has 0 aromatic carbocycles. The number of nitrogens with one attached hydrogen (secondary N) is 1. The van der Waals surface area contributed by atoms with E-state index in [9.17, 15) is 9.90 Å². The van der Waals surface area contributed by atoms with Gasteiger partial charge in [-0.2, -0.15) is 0 Å². The van der Waals surface area contributed by atoms with Crippen molar-refractivity contribution in [3.8, 4) is 0 Å². The Morgan fingerprint density at radius 1 is 1.22 bits per heavy atom. The van der Waals surface area contributed by atoms with Gasteiger partial charge in [-0.3, -0.25) is 4.79 Å². The first kappa shape index (κ1) is 12.5. The quantitative estimate of drug-likeness (QED) is 0.805. The monoisotopic (exact) mass is 251 g/mol. The summed E-state index contributed by atoms with van der Waals surface area (Å²) in [5, 5.41) is 13.2. The third-order valence-corrected chi connectivity index (χ3v) is 5.48. The molecule has 3 rings (SSSR count). The number of rotatable bonds is 4. The average Bonchev–Trinajstić information content (AvgIpc) is 3.03. The van der Waals surface area contributed by atoms with Gasteiger partial charge in [0.1, 0.15) is 0 Å². The number of hydrogen-bond donors (Lipinski definition) is 2. The molecule has 0 saturated heterocycles. The van der Waals surface area contributed by atoms with Crippen molar-refractivity contribution in [1.82, 2.24) is 5.32 Å². The maximum absolute atomic E-state index is 12.0. The summed E-state index contributed by atoms with van der Waals surface area (Å²) in [6.07, 6.45) is 9.94. The number of fused-ring (bicyclic) bond motifs is 2. The number of hydrogen-bond acceptors (Lipinski definition) is 2. The Balaban J connectivity index is 1.42. The van der Waals surface area contributed by atoms with E-state index in [-0.39, 0.29) is 5.91 Å². The minimum Gasteiger partial charge on any atom is -0.388 e. The molecule has 3 fully saturated rings. The van der Waals surface area contributed by atoms with Gasteiger partial charge < -0.3 is 10.4 Å². The van der Waals surface area contributed by atoms with Gasteiger partial charge >= 0.3 is 0 Å². The van der Waals surface area contributed by atoms with E-state index in [0.717, 1.165) is 37.5 Å². The standard InChI is InChI=1S/C15H25NO2/c17-14(16-10-15(18)5-1-2-6-15)9-13-8-11-3-4-12(13)7-11/h11-13,18H,1-10H2,(H,16,17). The van der Waals surface area contributed by atoms with Crippen molar-refractivity contribution in [3.05, 3.63) is 0 Å². The lowest BCUT2D eigenvalue weighted by atomic mass is 9.86. The molecule has 0 aromatic rings. The first-order valence-corrected chi connectivity index (χ1v) is 7.64. The zero-order valence-corrected chi connectivity index (χ0v) is 11.2. The van der Waals surface area contributed by atoms with Crippen LogP contribution < -0.4 is 5.32 Å². The Labute approximate surface area is 109 Å². The van der Waals surface area contributed by atoms with Crippen molar-refractivity contribution in [1.29, 1.82) is 0 Å². The van der Waals surface area contributed by atoms with Crippen molar-refractivity contribution in [3.63, 3.8) is 0 Å². The van der Waals surface area contributed by atoms with Crippen LogP contribution in [0.25, 0.3) is 0 Å². The summed E-state index contributed by atoms with van der Waals surface area (Å²) in [5.74, 6) is 2.51. The molecule has 0 aromatic heterocycles. The maximum Gasteiger partial charge on any atom is 0.220 e. The minimum atomic E-state index is -0.607. The van der Waals surface area contributed by atoms with Gasteiger partial charge in [-0.1, -0.05) is 19.3 Å². The Hall–Kier alpha value is -0.570. The van der Waals surface area contributed by atoms with Crippen LogP contribution in [-0.4, -0.2) is 23.2 Å². The van der Waals surface area contributed by atoms with E-state index in [1.165, 1.54) is 25.7 Å². The highest BCUT2D eigenvalue weighted by atomic mass is 16.3. The summed E-state index contributed by atoms with van der Waals surface area (Å²) in [6.45, 7) is 0.465. The lowest BCUT2D eigenvalue weighted by Gasteiger charge is -2.24. The number of carbonyl (C=O) groups excluding carboxylic acids is 1. The molecule has 3 unspecified atom stereocenters. The average molecular weight is 251 g/mol. The Morgan fingerprint density at radius 2 is 2.00 bits per heavy atom. The topological polar surface area (TPSA) is 49.3 Å². The van der Waals surface area contributed by atoms with Gasteiger partial charge in [0.05, 0.1) is 5.60 Å². The molecule has 2 N–H and O–H groups in total. The van der Waals surface area contributed by atoms with Crippen LogP contribution in [0.4, 0.5) is 0 Å². The van der Waals surface area contributed by atoms with E-state index in [1.54, 1.807) is 0 Å². The van der Waals surface area contributed by atoms with E-state index in [1.807, 2.05) is 0 Å². The second kappa shape index (κ2) is 4.84. The molecule has 0 aliphatic heterocycles. The van der Waals surface area contributed by atoms with Gasteiger partial charge in [0.15, 0.2) is 0 Å². The molecule has 0 radical (unpaired) electrons. The summed E-state index contributed by atoms with van der Waals surface area (Å²) in [6, 6.07) is 0. The summed E-state index contributed by atoms with van der Waals surface area (Å²) >= 11 is 0. The molecule has 3 atom stereocenters. The van der Waals surface area contributed by atoms with E-state index in [4.69, 9.17) is 0 Å². The summed E-state index contributed by atoms with van der Waals surface area (Å²) in [5.41, 5.74) is -0.607. The minimum absolute atomic E-state index is 0.160. The van der Waals surface area contributed by atoms with Gasteiger partial charge in [0.25, 0.3) is 0 Å². The molecule has 3 aliphatic rings. The number of amides is 1. The molecule has 0 spiro atoms. The van der Waals surface area contributed by atoms with E-state index in [0.29, 0.717) is 18.9 Å². The smallest absolute Gasteiger partial charge is 0.220 e. The highest BCUT2D eigenvalue weighted by molar-refractivity contribution is 5.76. The summed E-state index contributed by atoms with van der Waals surface area (Å²) < 4.78 is 0. The third kappa shape index (κ3) is 2.56. The molecule has 18 heavy (non-hydrogen) atoms. The SMILES string of the molecule is O=C(CC1CC2CCC1C2)NCC1(O)CCCC1. The van der Waals surface area contributed by atoms with Crippen LogP contribution in [0.3, 0.4) is 0 Å². The van der Waals surface area contributed by atoms with Gasteiger partial charge in [0.2, 0.25) is 5.91 Å². The fraction of sp³-hybridized carbons (Fsp3) is 0.933. The molecule has 3 heteroatoms. The van der Waals surface area contributed by atoms with Crippen molar-refractivity contribution in [2.45, 2.75) is 63.4 Å². The van der Waals surface area contributed by atoms with E-state index >= 15 is 0 Å². The second-order valence-corrected chi connectivity index (χ2v) is 6.85. The van der Waals surface area contributed by atoms with Gasteiger partial charge in [-0.15, -0.1) is 0 Å². The predicted octanol–water partition coefficient (Wildman–Crippen LogP) is 2.23. The first-order valence-electron chi connectivity index (χ1n) is 7.64. The molecular formula is C15H25NO2. The fourth-order valence-corrected chi connectivity index (χ4v) is 4.41. The van der Waals surface area contributed by atoms with Crippen molar-refractivity contribution in [2.75, 3.05) is 6.54 Å². The van der Waals surface area contributed by atoms with Crippen LogP contribution in [0.5, 0.6) is 0 Å². The molecule has 3 aliphatic carbocycles. The zero-order valence-electron chi connectivity index (χ0n) is 11.2. The van der Waals surface area contributed by atoms with E-state index in [2.05, 4.69) is 5.32 Å². The van der Waals surface area contributed by atoms with Gasteiger partial charge in [-0.05, 0) is 49.9 Å². The van der Waals surface area contributed by atoms with Crippen molar-refractivity contribution in [2.24, 2.45) is 17.8 Å². The summed E-state index contributed by atoms with van der Waals surface area (Å²) in [7, 11) is 0. The van der Waals surface area contributed by atoms with Gasteiger partial charge in [-0.25, -0.2) is 0 Å². The first-order chi connectivity index (χ1) is 8.65. The third-order valence-electron chi connectivity index (χ3n) is 5.48. The van der Waals surface area contributed by atoms with E-state index < -0.39 is 5.60 Å². The van der Waals surface area contributed by atoms with Gasteiger partial charge in [0, 0.05) is 13.0 Å². The van der Waals surface area contributed by atoms with Crippen LogP contribution in [0.15, 0.2) is 0 Å². The number of aliphatic hydroxyl groups is 1. The molecule has 102 valence electrons. The normalized spacial score (nSPS) is 37.1. The lowest BCUT2D eigenvalue weighted by Crippen LogP contribution is -2.41. The molecular weight excluding hydrogens is 226 g/mol. The van der Waals surface area contributed by atoms with Crippen LogP contribution in [-0.2, 0) is 4.79 Å². The van der Waals surface area contributed by atoms with Crippen LogP contribution in [0, 0.1) is 17.8 Å². The van der Waals surface area contributed by atoms with Crippen molar-refractivity contribution >= 4 is 5.91 Å². The molecule has 2 bridgehead atoms. The largest absolute Gasteiger partial charge is 0.388 e. The Morgan fingerprint density at radius 3 is 2.61 bits per heavy atom. The molecule has 3 nitrogen and oxygen atoms in total. The molecule has 1 amide bonds. The predicted molar refractivity (Wildman–Crippen MR) is 70.0 cm³/mol. The van der Waals surface area contributed by atoms with Crippen LogP contribution in [0.1, 0.15) is 57.8 Å².